The van der Waals surface area contributed by atoms with Crippen LogP contribution in [0.1, 0.15) is 104 Å². The first-order chi connectivity index (χ1) is 37.3. The predicted octanol–water partition coefficient (Wildman–Crippen LogP) is 10.5. The maximum absolute atomic E-state index is 16.1. The lowest BCUT2D eigenvalue weighted by Crippen LogP contribution is -2.48. The minimum Gasteiger partial charge on any atom is -0.399 e. The van der Waals surface area contributed by atoms with Gasteiger partial charge in [0.2, 0.25) is 0 Å². The summed E-state index contributed by atoms with van der Waals surface area (Å²) in [7, 11) is -0.315. The molecule has 3 saturated heterocycles. The van der Waals surface area contributed by atoms with Gasteiger partial charge in [-0.3, -0.25) is 4.98 Å². The Bertz CT molecular complexity index is 3040. The van der Waals surface area contributed by atoms with Crippen molar-refractivity contribution >= 4 is 35.3 Å². The minimum absolute atomic E-state index is 0. The molecule has 0 aliphatic carbocycles. The van der Waals surface area contributed by atoms with E-state index >= 15 is 8.78 Å². The third-order valence-corrected chi connectivity index (χ3v) is 15.7. The van der Waals surface area contributed by atoms with Crippen molar-refractivity contribution in [1.82, 2.24) is 25.2 Å². The summed E-state index contributed by atoms with van der Waals surface area (Å²) in [5.74, 6) is -6.47. The number of tetrazole rings is 1. The van der Waals surface area contributed by atoms with Crippen molar-refractivity contribution < 1.29 is 42.2 Å². The molecule has 19 heteroatoms. The van der Waals surface area contributed by atoms with Gasteiger partial charge in [-0.1, -0.05) is 83.3 Å². The molecule has 3 aliphatic heterocycles. The van der Waals surface area contributed by atoms with Crippen molar-refractivity contribution in [2.24, 2.45) is 0 Å². The quantitative estimate of drug-likeness (QED) is 0.0661. The number of hydrogen-bond acceptors (Lipinski definition) is 13. The maximum atomic E-state index is 16.1. The van der Waals surface area contributed by atoms with Crippen LogP contribution in [-0.4, -0.2) is 111 Å². The summed E-state index contributed by atoms with van der Waals surface area (Å²) in [6, 6.07) is 37.2. The fourth-order valence-electron chi connectivity index (χ4n) is 10.0. The second-order valence-electron chi connectivity index (χ2n) is 21.2. The van der Waals surface area contributed by atoms with Crippen LogP contribution in [0.4, 0.5) is 40.3 Å². The molecule has 0 radical (unpaired) electrons. The number of anilines is 4. The lowest BCUT2D eigenvalue weighted by molar-refractivity contribution is -0.207. The monoisotopic (exact) mass is 1100 g/mol. The molecule has 2 unspecified atom stereocenters. The normalized spacial score (nSPS) is 17.6. The van der Waals surface area contributed by atoms with Gasteiger partial charge in [0.1, 0.15) is 23.7 Å². The zero-order valence-corrected chi connectivity index (χ0v) is 45.0. The molecule has 0 spiro atoms. The van der Waals surface area contributed by atoms with Crippen LogP contribution in [0.25, 0.3) is 11.1 Å². The Labute approximate surface area is 468 Å². The largest absolute Gasteiger partial charge is 0.494 e. The van der Waals surface area contributed by atoms with E-state index in [2.05, 4.69) is 104 Å². The Morgan fingerprint density at radius 2 is 1.02 bits per heavy atom. The lowest BCUT2D eigenvalue weighted by atomic mass is 9.79. The van der Waals surface area contributed by atoms with Gasteiger partial charge < -0.3 is 44.2 Å². The van der Waals surface area contributed by atoms with E-state index in [1.54, 1.807) is 0 Å². The number of halogens is 4. The third kappa shape index (κ3) is 13.0. The number of aliphatic hydroxyl groups excluding tert-OH is 2. The number of piperazine rings is 2. The minimum atomic E-state index is -4.14. The van der Waals surface area contributed by atoms with Crippen LogP contribution in [-0.2, 0) is 27.4 Å². The summed E-state index contributed by atoms with van der Waals surface area (Å²) in [4.78, 5) is 13.4. The van der Waals surface area contributed by atoms with Gasteiger partial charge in [-0.15, -0.1) is 5.10 Å². The summed E-state index contributed by atoms with van der Waals surface area (Å²) in [5, 5.41) is 41.8. The van der Waals surface area contributed by atoms with Crippen molar-refractivity contribution in [3.63, 3.8) is 0 Å². The van der Waals surface area contributed by atoms with Crippen molar-refractivity contribution in [1.29, 1.82) is 0 Å². The van der Waals surface area contributed by atoms with Gasteiger partial charge in [0.15, 0.2) is 5.60 Å². The molecular weight excluding hydrogens is 1030 g/mol. The maximum Gasteiger partial charge on any atom is 0.494 e. The number of pyridine rings is 1. The fourth-order valence-corrected chi connectivity index (χ4v) is 10.0. The van der Waals surface area contributed by atoms with Gasteiger partial charge >= 0.3 is 13.0 Å². The van der Waals surface area contributed by atoms with Crippen molar-refractivity contribution in [3.05, 3.63) is 174 Å². The number of rotatable bonds is 15. The Morgan fingerprint density at radius 3 is 1.41 bits per heavy atom. The molecule has 5 heterocycles. The van der Waals surface area contributed by atoms with E-state index < -0.39 is 47.1 Å². The van der Waals surface area contributed by atoms with Gasteiger partial charge in [0, 0.05) is 98.5 Å². The summed E-state index contributed by atoms with van der Waals surface area (Å²) >= 11 is 0. The van der Waals surface area contributed by atoms with E-state index in [0.717, 1.165) is 122 Å². The van der Waals surface area contributed by atoms with Crippen molar-refractivity contribution in [3.8, 4) is 11.1 Å². The van der Waals surface area contributed by atoms with Crippen LogP contribution < -0.4 is 25.1 Å². The highest BCUT2D eigenvalue weighted by Crippen LogP contribution is 2.47. The van der Waals surface area contributed by atoms with E-state index in [4.69, 9.17) is 9.31 Å². The smallest absolute Gasteiger partial charge is 0.399 e. The van der Waals surface area contributed by atoms with Gasteiger partial charge in [-0.25, -0.2) is 13.5 Å². The molecule has 3 N–H and O–H groups in total. The van der Waals surface area contributed by atoms with E-state index in [0.29, 0.717) is 18.1 Å². The van der Waals surface area contributed by atoms with E-state index in [9.17, 15) is 24.1 Å². The van der Waals surface area contributed by atoms with Crippen molar-refractivity contribution in [2.45, 2.75) is 111 Å². The highest BCUT2D eigenvalue weighted by molar-refractivity contribution is 6.62. The molecule has 3 fully saturated rings. The van der Waals surface area contributed by atoms with Gasteiger partial charge in [-0.2, -0.15) is 8.78 Å². The van der Waals surface area contributed by atoms with Crippen LogP contribution in [0, 0.1) is 11.6 Å². The molecule has 5 aromatic carbocycles. The second kappa shape index (κ2) is 25.3. The first-order valence-electron chi connectivity index (χ1n) is 26.6. The summed E-state index contributed by atoms with van der Waals surface area (Å²) in [6.07, 6.45) is 2.86. The predicted molar refractivity (Wildman–Crippen MR) is 309 cm³/mol. The number of alkyl halides is 2. The first-order valence-corrected chi connectivity index (χ1v) is 26.6. The zero-order chi connectivity index (χ0) is 55.4. The van der Waals surface area contributed by atoms with Gasteiger partial charge in [0.25, 0.3) is 0 Å². The van der Waals surface area contributed by atoms with Gasteiger partial charge in [-0.05, 0) is 140 Å². The number of benzene rings is 5. The molecule has 3 aliphatic rings. The molecule has 14 nitrogen and oxygen atoms in total. The number of nitrogens with zero attached hydrogens (tertiary/aromatic N) is 9. The van der Waals surface area contributed by atoms with Crippen LogP contribution in [0.15, 0.2) is 140 Å². The number of aromatic nitrogens is 5. The van der Waals surface area contributed by atoms with E-state index in [1.807, 2.05) is 74.5 Å². The molecule has 10 rings (SSSR count). The molecule has 3 atom stereocenters. The molecule has 80 heavy (non-hydrogen) atoms. The highest BCUT2D eigenvalue weighted by Gasteiger charge is 2.58. The Kier molecular flexibility index (Phi) is 19.2. The molecule has 7 aromatic rings. The Morgan fingerprint density at radius 1 is 0.600 bits per heavy atom. The lowest BCUT2D eigenvalue weighted by Gasteiger charge is -2.37. The molecule has 2 aromatic heterocycles. The average Bonchev–Trinajstić information content (AvgIpc) is 4.08. The summed E-state index contributed by atoms with van der Waals surface area (Å²) in [6.45, 7) is 18.6. The van der Waals surface area contributed by atoms with E-state index in [1.165, 1.54) is 23.6 Å². The molecule has 0 amide bonds. The first kappa shape index (κ1) is 60.7. The van der Waals surface area contributed by atoms with Crippen LogP contribution in [0.2, 0.25) is 0 Å². The van der Waals surface area contributed by atoms with Gasteiger partial charge in [0.05, 0.1) is 30.0 Å². The fraction of sp³-hybridized carbons (Fsp3) is 0.410. The Balaban J connectivity index is 0.000000244. The number of hydrogen-bond donors (Lipinski definition) is 3. The molecular formula is C61H76BF4N9O5. The molecule has 426 valence electrons. The topological polar surface area (TPSA) is 149 Å². The van der Waals surface area contributed by atoms with Crippen LogP contribution >= 0.6 is 0 Å². The summed E-state index contributed by atoms with van der Waals surface area (Å²) in [5.41, 5.74) is 3.40. The standard InChI is InChI=1S/C34H33F4N7O2.C25H35BN2O3.2CH4/c1-2-31(46)24-5-11-28(12-6-24)44-17-15-43(16-18-44)27-9-3-23(4-10-27)25-7-14-32(39-20-25)34(37,38)33(47,21-45-22-40-41-42-45)29-13-8-26(35)19-30(29)36;1-6-23(29)19-7-11-21(12-8-19)27-15-17-28(18-16-27)22-13-9-20(10-14-22)26-30-24(2,3)25(4,5)31-26;;/h3-14,19-20,22,31,46-47H,2,15-18,21H2,1H3;7-14,23,29H,6,15-18H2,1-5H3;2*1H4/t31?,33-;;;/m0.../s1. The van der Waals surface area contributed by atoms with Crippen molar-refractivity contribution in [2.75, 3.05) is 72.0 Å². The molecule has 0 saturated carbocycles. The second-order valence-corrected chi connectivity index (χ2v) is 21.2. The number of aliphatic hydroxyl groups is 3. The summed E-state index contributed by atoms with van der Waals surface area (Å²) < 4.78 is 73.8. The average molecular weight is 1100 g/mol. The highest BCUT2D eigenvalue weighted by atomic mass is 19.3. The zero-order valence-electron chi connectivity index (χ0n) is 45.0. The SMILES string of the molecule is C.C.CCC(O)c1ccc(N2CCN(c3ccc(-c4ccc(C(F)(F)[C@](O)(Cn5cnnn5)c5ccc(F)cc5F)nc4)cc3)CC2)cc1.CCC(O)c1ccc(N2CCN(c3ccc(B4OC(C)(C)C(C)(C)O4)cc3)CC2)cc1. The molecule has 0 bridgehead atoms. The van der Waals surface area contributed by atoms with Crippen LogP contribution in [0.5, 0.6) is 0 Å². The van der Waals surface area contributed by atoms with Crippen LogP contribution in [0.3, 0.4) is 0 Å². The Hall–Kier alpha value is -6.90. The van der Waals surface area contributed by atoms with E-state index in [-0.39, 0.29) is 39.3 Å². The third-order valence-electron chi connectivity index (χ3n) is 15.7.